The molecule has 2 nitrogen and oxygen atoms in total. The van der Waals surface area contributed by atoms with E-state index in [1.54, 1.807) is 9.24 Å². The van der Waals surface area contributed by atoms with Gasteiger partial charge in [-0.1, -0.05) is 6.42 Å². The molecule has 1 fully saturated rings. The predicted molar refractivity (Wildman–Crippen MR) is 48.4 cm³/mol. The zero-order valence-corrected chi connectivity index (χ0v) is 18.0. The van der Waals surface area contributed by atoms with Crippen molar-refractivity contribution in [2.24, 2.45) is 5.92 Å². The van der Waals surface area contributed by atoms with Crippen LogP contribution in [0.1, 0.15) is 19.8 Å². The van der Waals surface area contributed by atoms with E-state index in [4.69, 9.17) is 9.90 Å². The number of aliphatic hydroxyl groups excluding tert-OH is 1. The van der Waals surface area contributed by atoms with E-state index in [2.05, 4.69) is 12.8 Å². The molecule has 1 aliphatic carbocycles. The van der Waals surface area contributed by atoms with Crippen LogP contribution in [0.5, 0.6) is 0 Å². The van der Waals surface area contributed by atoms with Gasteiger partial charge in [-0.3, -0.25) is 15.2 Å². The molecule has 0 spiro atoms. The van der Waals surface area contributed by atoms with Gasteiger partial charge in [-0.15, -0.1) is 0 Å². The fourth-order valence-electron chi connectivity index (χ4n) is 1.17. The van der Waals surface area contributed by atoms with Gasteiger partial charge >= 0.3 is 0 Å². The molecule has 3 unspecified atom stereocenters. The zero-order valence-electron chi connectivity index (χ0n) is 8.22. The van der Waals surface area contributed by atoms with Crippen molar-refractivity contribution in [1.82, 2.24) is 0 Å². The molecule has 1 rings (SSSR count). The second kappa shape index (κ2) is 18.3. The van der Waals surface area contributed by atoms with Gasteiger partial charge in [0.15, 0.2) is 0 Å². The van der Waals surface area contributed by atoms with Crippen molar-refractivity contribution in [3.8, 4) is 0 Å². The van der Waals surface area contributed by atoms with Crippen molar-refractivity contribution < 1.29 is 96.4 Å². The molecule has 0 aromatic carbocycles. The van der Waals surface area contributed by atoms with Crippen molar-refractivity contribution in [2.45, 2.75) is 25.9 Å². The van der Waals surface area contributed by atoms with Crippen LogP contribution in [-0.4, -0.2) is 17.2 Å². The molecule has 0 aliphatic heterocycles. The summed E-state index contributed by atoms with van der Waals surface area (Å²) in [6, 6.07) is 1.42. The fraction of sp³-hybridized carbons (Fsp3) is 0.625. The monoisotopic (exact) mass is 535 g/mol. The Balaban J connectivity index is -0.0000000758. The first-order chi connectivity index (χ1) is 5.26. The van der Waals surface area contributed by atoms with E-state index < -0.39 is 0 Å². The first kappa shape index (κ1) is 25.7. The van der Waals surface area contributed by atoms with E-state index in [0.29, 0.717) is 5.92 Å². The summed E-state index contributed by atoms with van der Waals surface area (Å²) in [5.41, 5.74) is 0. The fourth-order valence-corrected chi connectivity index (χ4v) is 1.17. The predicted octanol–water partition coefficient (Wildman–Crippen LogP) is 1.11. The topological polar surface area (TPSA) is 37.3 Å². The molecule has 78 valence electrons. The van der Waals surface area contributed by atoms with Gasteiger partial charge in [-0.2, -0.15) is 13.3 Å². The van der Waals surface area contributed by atoms with Gasteiger partial charge in [0.1, 0.15) is 0 Å². The summed E-state index contributed by atoms with van der Waals surface area (Å²) < 4.78 is 0. The van der Waals surface area contributed by atoms with Crippen LogP contribution in [0, 0.1) is 18.8 Å². The summed E-state index contributed by atoms with van der Waals surface area (Å²) in [6.45, 7) is 2.00. The number of hydrogen-bond acceptors (Lipinski definition) is 2. The molecule has 2 radical (unpaired) electrons. The summed E-state index contributed by atoms with van der Waals surface area (Å²) >= 11 is 0. The molecule has 6 heteroatoms. The van der Waals surface area contributed by atoms with E-state index in [1.165, 1.54) is 6.03 Å². The van der Waals surface area contributed by atoms with Gasteiger partial charge in [0.25, 0.3) is 0 Å². The maximum absolute atomic E-state index is 9.13. The van der Waals surface area contributed by atoms with E-state index in [1.807, 2.05) is 6.92 Å². The van der Waals surface area contributed by atoms with Gasteiger partial charge in [-0.05, 0) is 0 Å². The molecule has 0 bridgehead atoms. The van der Waals surface area contributed by atoms with E-state index in [9.17, 15) is 0 Å². The Kier molecular flexibility index (Phi) is 33.7. The van der Waals surface area contributed by atoms with Crippen LogP contribution in [0.4, 0.5) is 0 Å². The second-order valence-electron chi connectivity index (χ2n) is 2.41. The minimum Gasteiger partial charge on any atom is -0.537 e. The summed E-state index contributed by atoms with van der Waals surface area (Å²) in [6.07, 6.45) is 6.17. The number of aliphatic hydroxyl groups is 1. The molecule has 0 heterocycles. The Morgan fingerprint density at radius 1 is 1.57 bits per heavy atom. The third-order valence-electron chi connectivity index (χ3n) is 1.73. The maximum Gasteiger partial charge on any atom is 0.00167 e. The van der Waals surface area contributed by atoms with E-state index in [-0.39, 0.29) is 92.6 Å². The van der Waals surface area contributed by atoms with Gasteiger partial charge in [0, 0.05) is 92.6 Å². The molecule has 1 saturated carbocycles. The van der Waals surface area contributed by atoms with Crippen LogP contribution in [0.3, 0.4) is 0 Å². The van der Waals surface area contributed by atoms with Crippen LogP contribution in [0.15, 0.2) is 0 Å². The first-order valence-corrected chi connectivity index (χ1v) is 4.22. The average molecular weight is 535 g/mol. The third kappa shape index (κ3) is 13.0. The molecule has 14 heavy (non-hydrogen) atoms. The largest absolute Gasteiger partial charge is 0.537 e. The molecule has 0 saturated heterocycles. The Bertz CT molecular complexity index is 120. The van der Waals surface area contributed by atoms with Crippen LogP contribution in [0.2, 0.25) is 0 Å². The van der Waals surface area contributed by atoms with Crippen LogP contribution in [-0.2, 0) is 91.3 Å². The van der Waals surface area contributed by atoms with Crippen molar-refractivity contribution in [3.63, 3.8) is 0 Å². The summed E-state index contributed by atoms with van der Waals surface area (Å²) in [5, 5.41) is 9.13. The minimum atomic E-state index is -0.0833. The van der Waals surface area contributed by atoms with Crippen molar-refractivity contribution >= 4 is 15.3 Å². The number of rotatable bonds is 1. The van der Waals surface area contributed by atoms with Gasteiger partial charge in [-0.25, -0.2) is 6.03 Å². The second-order valence-corrected chi connectivity index (χ2v) is 2.64. The van der Waals surface area contributed by atoms with Crippen molar-refractivity contribution in [2.75, 3.05) is 0 Å². The van der Waals surface area contributed by atoms with Crippen molar-refractivity contribution in [1.29, 1.82) is 0 Å². The Hall–Kier alpha value is 2.96. The standard InChI is InChI=1S/C7H12O.CH2OP.W.2Y/c1-2-6-4-3-5-7(6)8;2-1-3;;;/h2,4,6-8H,3,5H2,1H3;3H2;;;/q-2;-1;;;. The summed E-state index contributed by atoms with van der Waals surface area (Å²) in [5.74, 6) is 0.370. The number of hydrogen-bond donors (Lipinski definition) is 1. The molecule has 0 amide bonds. The van der Waals surface area contributed by atoms with Crippen LogP contribution >= 0.6 is 9.24 Å². The quantitative estimate of drug-likeness (QED) is 0.404. The molecule has 1 N–H and O–H groups in total. The molecular weight excluding hydrogens is 521 g/mol. The molecule has 0 aromatic heterocycles. The van der Waals surface area contributed by atoms with Gasteiger partial charge < -0.3 is 22.7 Å². The Morgan fingerprint density at radius 2 is 2.00 bits per heavy atom. The van der Waals surface area contributed by atoms with Crippen LogP contribution < -0.4 is 0 Å². The van der Waals surface area contributed by atoms with Crippen LogP contribution in [0.25, 0.3) is 0 Å². The zero-order chi connectivity index (χ0) is 8.69. The van der Waals surface area contributed by atoms with E-state index >= 15 is 0 Å². The Morgan fingerprint density at radius 3 is 2.14 bits per heavy atom. The molecular formula is C8H14O2PWY2-3. The molecule has 1 aliphatic rings. The minimum absolute atomic E-state index is 0. The SMILES string of the molecule is C[CH-]C1[CH-]CCC1O.O=[C-]P.[W].[Y].[Y]. The average Bonchev–Trinajstić information content (AvgIpc) is 2.36. The van der Waals surface area contributed by atoms with Gasteiger partial charge in [0.2, 0.25) is 0 Å². The van der Waals surface area contributed by atoms with Gasteiger partial charge in [0.05, 0.1) is 0 Å². The van der Waals surface area contributed by atoms with E-state index in [0.717, 1.165) is 12.8 Å². The summed E-state index contributed by atoms with van der Waals surface area (Å²) in [7, 11) is 1.77. The molecule has 0 aromatic rings. The van der Waals surface area contributed by atoms with Crippen molar-refractivity contribution in [3.05, 3.63) is 12.8 Å². The smallest absolute Gasteiger partial charge is 0.00167 e. The first-order valence-electron chi connectivity index (χ1n) is 3.64. The third-order valence-corrected chi connectivity index (χ3v) is 1.73. The normalized spacial score (nSPS) is 22.8. The molecule has 3 atom stereocenters. The summed E-state index contributed by atoms with van der Waals surface area (Å²) in [4.78, 5) is 8.64. The number of carbonyl (C=O) groups excluding carboxylic acids is 1. The Labute approximate surface area is 154 Å². The maximum atomic E-state index is 9.13.